The van der Waals surface area contributed by atoms with E-state index < -0.39 is 0 Å². The Morgan fingerprint density at radius 3 is 2.50 bits per heavy atom. The number of para-hydroxylation sites is 2. The second kappa shape index (κ2) is 5.35. The standard InChI is InChI=1S/C16H17ClN2O/c1-18-8-9-19(16-5-3-2-4-15(16)18)14-7-6-12(11-20)10-13(14)17/h2-7,10,20H,8-9,11H2,1H3. The topological polar surface area (TPSA) is 26.7 Å². The van der Waals surface area contributed by atoms with E-state index in [0.717, 1.165) is 24.3 Å². The van der Waals surface area contributed by atoms with Crippen LogP contribution in [0.1, 0.15) is 5.56 Å². The molecule has 2 aromatic carbocycles. The van der Waals surface area contributed by atoms with Crippen LogP contribution in [0.5, 0.6) is 0 Å². The predicted octanol–water partition coefficient (Wildman–Crippen LogP) is 3.42. The normalized spacial score (nSPS) is 14.3. The van der Waals surface area contributed by atoms with Crippen LogP contribution in [0.2, 0.25) is 5.02 Å². The zero-order valence-corrected chi connectivity index (χ0v) is 12.1. The number of hydrogen-bond donors (Lipinski definition) is 1. The van der Waals surface area contributed by atoms with Crippen LogP contribution < -0.4 is 9.80 Å². The Hall–Kier alpha value is -1.71. The van der Waals surface area contributed by atoms with E-state index in [9.17, 15) is 5.11 Å². The molecule has 104 valence electrons. The number of anilines is 3. The van der Waals surface area contributed by atoms with Gasteiger partial charge in [-0.05, 0) is 29.8 Å². The summed E-state index contributed by atoms with van der Waals surface area (Å²) in [6.07, 6.45) is 0. The van der Waals surface area contributed by atoms with E-state index in [1.165, 1.54) is 11.4 Å². The van der Waals surface area contributed by atoms with Crippen LogP contribution in [0, 0.1) is 0 Å². The Labute approximate surface area is 124 Å². The fourth-order valence-electron chi connectivity index (χ4n) is 2.62. The summed E-state index contributed by atoms with van der Waals surface area (Å²) >= 11 is 6.38. The number of rotatable bonds is 2. The maximum Gasteiger partial charge on any atom is 0.0682 e. The van der Waals surface area contributed by atoms with Gasteiger partial charge >= 0.3 is 0 Å². The summed E-state index contributed by atoms with van der Waals surface area (Å²) in [5, 5.41) is 9.85. The minimum Gasteiger partial charge on any atom is -0.392 e. The van der Waals surface area contributed by atoms with Crippen molar-refractivity contribution in [2.45, 2.75) is 6.61 Å². The van der Waals surface area contributed by atoms with Crippen LogP contribution in [-0.4, -0.2) is 25.2 Å². The summed E-state index contributed by atoms with van der Waals surface area (Å²) < 4.78 is 0. The van der Waals surface area contributed by atoms with Gasteiger partial charge in [0.05, 0.1) is 28.7 Å². The van der Waals surface area contributed by atoms with Crippen LogP contribution in [0.3, 0.4) is 0 Å². The van der Waals surface area contributed by atoms with Gasteiger partial charge < -0.3 is 14.9 Å². The lowest BCUT2D eigenvalue weighted by Crippen LogP contribution is -2.36. The number of nitrogens with zero attached hydrogens (tertiary/aromatic N) is 2. The molecule has 0 saturated heterocycles. The van der Waals surface area contributed by atoms with Gasteiger partial charge in [0.2, 0.25) is 0 Å². The van der Waals surface area contributed by atoms with Crippen molar-refractivity contribution in [1.29, 1.82) is 0 Å². The lowest BCUT2D eigenvalue weighted by atomic mass is 10.1. The van der Waals surface area contributed by atoms with Crippen molar-refractivity contribution in [2.75, 3.05) is 29.9 Å². The highest BCUT2D eigenvalue weighted by Crippen LogP contribution is 2.39. The van der Waals surface area contributed by atoms with E-state index in [2.05, 4.69) is 35.0 Å². The molecule has 20 heavy (non-hydrogen) atoms. The van der Waals surface area contributed by atoms with Crippen LogP contribution in [0.4, 0.5) is 17.1 Å². The van der Waals surface area contributed by atoms with E-state index in [1.54, 1.807) is 0 Å². The van der Waals surface area contributed by atoms with Gasteiger partial charge in [-0.2, -0.15) is 0 Å². The van der Waals surface area contributed by atoms with Crippen molar-refractivity contribution < 1.29 is 5.11 Å². The molecule has 1 aliphatic rings. The van der Waals surface area contributed by atoms with Crippen LogP contribution in [0.15, 0.2) is 42.5 Å². The molecule has 0 aromatic heterocycles. The minimum absolute atomic E-state index is 0.0132. The average molecular weight is 289 g/mol. The summed E-state index contributed by atoms with van der Waals surface area (Å²) in [5.74, 6) is 0. The largest absolute Gasteiger partial charge is 0.392 e. The third-order valence-corrected chi connectivity index (χ3v) is 4.03. The third kappa shape index (κ3) is 2.23. The van der Waals surface area contributed by atoms with Crippen molar-refractivity contribution in [3.05, 3.63) is 53.1 Å². The minimum atomic E-state index is 0.0132. The van der Waals surface area contributed by atoms with Crippen molar-refractivity contribution in [3.63, 3.8) is 0 Å². The Balaban J connectivity index is 2.05. The average Bonchev–Trinajstić information content (AvgIpc) is 2.48. The predicted molar refractivity (Wildman–Crippen MR) is 84.1 cm³/mol. The molecular formula is C16H17ClN2O. The summed E-state index contributed by atoms with van der Waals surface area (Å²) in [5.41, 5.74) is 4.20. The van der Waals surface area contributed by atoms with Crippen molar-refractivity contribution in [3.8, 4) is 0 Å². The van der Waals surface area contributed by atoms with Gasteiger partial charge in [-0.25, -0.2) is 0 Å². The molecule has 4 heteroatoms. The summed E-state index contributed by atoms with van der Waals surface area (Å²) in [4.78, 5) is 4.49. The van der Waals surface area contributed by atoms with E-state index in [-0.39, 0.29) is 6.61 Å². The Morgan fingerprint density at radius 1 is 1.05 bits per heavy atom. The Bertz CT molecular complexity index is 630. The second-order valence-corrected chi connectivity index (χ2v) is 5.41. The SMILES string of the molecule is CN1CCN(c2ccc(CO)cc2Cl)c2ccccc21. The fourth-order valence-corrected chi connectivity index (χ4v) is 2.93. The summed E-state index contributed by atoms with van der Waals surface area (Å²) in [6.45, 7) is 1.86. The number of fused-ring (bicyclic) bond motifs is 1. The zero-order chi connectivity index (χ0) is 14.1. The van der Waals surface area contributed by atoms with Gasteiger partial charge in [0, 0.05) is 20.1 Å². The molecule has 3 rings (SSSR count). The van der Waals surface area contributed by atoms with Gasteiger partial charge in [0.1, 0.15) is 0 Å². The first kappa shape index (κ1) is 13.3. The molecule has 3 nitrogen and oxygen atoms in total. The highest BCUT2D eigenvalue weighted by molar-refractivity contribution is 6.33. The van der Waals surface area contributed by atoms with Crippen molar-refractivity contribution in [1.82, 2.24) is 0 Å². The first-order valence-corrected chi connectivity index (χ1v) is 7.05. The maximum atomic E-state index is 9.18. The summed E-state index contributed by atoms with van der Waals surface area (Å²) in [6, 6.07) is 14.1. The van der Waals surface area contributed by atoms with Crippen LogP contribution in [-0.2, 0) is 6.61 Å². The molecule has 0 aliphatic carbocycles. The number of halogens is 1. The van der Waals surface area contributed by atoms with Gasteiger partial charge in [-0.3, -0.25) is 0 Å². The molecule has 1 aliphatic heterocycles. The fraction of sp³-hybridized carbons (Fsp3) is 0.250. The van der Waals surface area contributed by atoms with Gasteiger partial charge in [0.15, 0.2) is 0 Å². The third-order valence-electron chi connectivity index (χ3n) is 3.73. The monoisotopic (exact) mass is 288 g/mol. The molecular weight excluding hydrogens is 272 g/mol. The Kier molecular flexibility index (Phi) is 3.55. The second-order valence-electron chi connectivity index (χ2n) is 5.01. The van der Waals surface area contributed by atoms with E-state index in [0.29, 0.717) is 5.02 Å². The van der Waals surface area contributed by atoms with E-state index in [1.807, 2.05) is 24.3 Å². The van der Waals surface area contributed by atoms with Gasteiger partial charge in [0.25, 0.3) is 0 Å². The first-order chi connectivity index (χ1) is 9.70. The molecule has 0 bridgehead atoms. The molecule has 0 atom stereocenters. The van der Waals surface area contributed by atoms with Crippen molar-refractivity contribution >= 4 is 28.7 Å². The van der Waals surface area contributed by atoms with Gasteiger partial charge in [-0.1, -0.05) is 29.8 Å². The molecule has 1 heterocycles. The zero-order valence-electron chi connectivity index (χ0n) is 11.4. The molecule has 2 aromatic rings. The molecule has 0 amide bonds. The molecule has 0 saturated carbocycles. The summed E-state index contributed by atoms with van der Waals surface area (Å²) in [7, 11) is 2.10. The van der Waals surface area contributed by atoms with E-state index >= 15 is 0 Å². The lowest BCUT2D eigenvalue weighted by molar-refractivity contribution is 0.282. The highest BCUT2D eigenvalue weighted by Gasteiger charge is 2.22. The lowest BCUT2D eigenvalue weighted by Gasteiger charge is -2.37. The van der Waals surface area contributed by atoms with Crippen LogP contribution >= 0.6 is 11.6 Å². The van der Waals surface area contributed by atoms with E-state index in [4.69, 9.17) is 11.6 Å². The molecule has 0 fully saturated rings. The van der Waals surface area contributed by atoms with Crippen molar-refractivity contribution in [2.24, 2.45) is 0 Å². The molecule has 0 radical (unpaired) electrons. The van der Waals surface area contributed by atoms with Crippen LogP contribution in [0.25, 0.3) is 0 Å². The number of hydrogen-bond acceptors (Lipinski definition) is 3. The van der Waals surface area contributed by atoms with Gasteiger partial charge in [-0.15, -0.1) is 0 Å². The molecule has 1 N–H and O–H groups in total. The maximum absolute atomic E-state index is 9.18. The molecule has 0 unspecified atom stereocenters. The first-order valence-electron chi connectivity index (χ1n) is 6.67. The number of benzene rings is 2. The Morgan fingerprint density at radius 2 is 1.80 bits per heavy atom. The number of aliphatic hydroxyl groups is 1. The number of aliphatic hydroxyl groups excluding tert-OH is 1. The smallest absolute Gasteiger partial charge is 0.0682 e. The quantitative estimate of drug-likeness (QED) is 0.917. The number of likely N-dealkylation sites (N-methyl/N-ethyl adjacent to an activating group) is 1. The molecule has 0 spiro atoms. The highest BCUT2D eigenvalue weighted by atomic mass is 35.5.